The minimum atomic E-state index is -4.67. The number of hydrogen-bond donors (Lipinski definition) is 0. The molecule has 0 amide bonds. The third-order valence-electron chi connectivity index (χ3n) is 0. The van der Waals surface area contributed by atoms with Gasteiger partial charge in [0, 0.05) is 6.95 Å². The molecule has 0 aromatic carbocycles. The van der Waals surface area contributed by atoms with Gasteiger partial charge in [0.1, 0.15) is 0 Å². The van der Waals surface area contributed by atoms with Crippen LogP contribution in [-0.2, 0) is 4.57 Å². The predicted molar refractivity (Wildman–Crippen MR) is 13.5 cm³/mol. The summed E-state index contributed by atoms with van der Waals surface area (Å²) in [5.74, 6) is 0. The summed E-state index contributed by atoms with van der Waals surface area (Å²) >= 11 is 3.97. The smallest absolute Gasteiger partial charge is 0.0244 e. The second-order valence-corrected chi connectivity index (χ2v) is 2.53. The van der Waals surface area contributed by atoms with Crippen molar-refractivity contribution in [3.8, 4) is 0 Å². The maximum Gasteiger partial charge on any atom is 0.0244 e. The molecule has 0 aromatic rings. The van der Waals surface area contributed by atoms with Crippen LogP contribution < -0.4 is 9.79 Å². The largest absolute Gasteiger partial charge is 0.799 e. The Kier molecular flexibility index (Phi) is 1.38. The van der Waals surface area contributed by atoms with Crippen molar-refractivity contribution in [2.24, 2.45) is 0 Å². The van der Waals surface area contributed by atoms with E-state index in [1.54, 1.807) is 0 Å². The average Bonchev–Trinajstić information content (AvgIpc) is 0.722. The Morgan fingerprint density at radius 2 is 1.60 bits per heavy atom. The molecule has 0 bridgehead atoms. The van der Waals surface area contributed by atoms with Crippen LogP contribution in [0, 0.1) is 0 Å². The van der Waals surface area contributed by atoms with Crippen molar-refractivity contribution in [2.45, 2.75) is 0 Å². The van der Waals surface area contributed by atoms with Gasteiger partial charge in [-0.15, -0.1) is 0 Å². The van der Waals surface area contributed by atoms with Gasteiger partial charge < -0.3 is 14.4 Å². The lowest BCUT2D eigenvalue weighted by Gasteiger charge is -2.18. The topological polar surface area (TPSA) is 63.2 Å². The highest BCUT2D eigenvalue weighted by atomic mass is 35.7. The van der Waals surface area contributed by atoms with Crippen molar-refractivity contribution in [3.05, 3.63) is 0 Å². The molecule has 3 nitrogen and oxygen atoms in total. The normalized spacial score (nSPS) is 11.8. The maximum absolute atomic E-state index is 8.87. The lowest BCUT2D eigenvalue weighted by molar-refractivity contribution is -0.304. The molecule has 0 aliphatic heterocycles. The van der Waals surface area contributed by atoms with Gasteiger partial charge in [0.2, 0.25) is 0 Å². The Morgan fingerprint density at radius 3 is 1.60 bits per heavy atom. The van der Waals surface area contributed by atoms with Crippen molar-refractivity contribution in [1.82, 2.24) is 0 Å². The third kappa shape index (κ3) is 137. The van der Waals surface area contributed by atoms with Crippen LogP contribution in [0.2, 0.25) is 0 Å². The SMILES string of the molecule is O=P([O-])([O-])Cl. The summed E-state index contributed by atoms with van der Waals surface area (Å²) in [6.07, 6.45) is 0. The van der Waals surface area contributed by atoms with Gasteiger partial charge >= 0.3 is 0 Å². The van der Waals surface area contributed by atoms with Crippen LogP contribution in [0.3, 0.4) is 0 Å². The zero-order valence-electron chi connectivity index (χ0n) is 2.05. The molecule has 0 rings (SSSR count). The van der Waals surface area contributed by atoms with Crippen molar-refractivity contribution in [1.29, 1.82) is 0 Å². The molecule has 0 spiro atoms. The molecule has 0 radical (unpaired) electrons. The van der Waals surface area contributed by atoms with Gasteiger partial charge in [-0.1, -0.05) is 11.2 Å². The van der Waals surface area contributed by atoms with Crippen molar-refractivity contribution in [3.63, 3.8) is 0 Å². The molecule has 32 valence electrons. The zero-order chi connectivity index (χ0) is 4.50. The first-order valence-corrected chi connectivity index (χ1v) is 3.16. The van der Waals surface area contributed by atoms with Gasteiger partial charge in [0.15, 0.2) is 0 Å². The van der Waals surface area contributed by atoms with E-state index in [4.69, 9.17) is 14.4 Å². The second-order valence-electron chi connectivity index (χ2n) is 0.431. The van der Waals surface area contributed by atoms with E-state index in [0.29, 0.717) is 0 Å². The van der Waals surface area contributed by atoms with Gasteiger partial charge in [0.05, 0.1) is 0 Å². The van der Waals surface area contributed by atoms with E-state index >= 15 is 0 Å². The molecule has 0 saturated heterocycles. The number of halogens is 1. The Labute approximate surface area is 33.5 Å². The molecule has 0 saturated carbocycles. The highest BCUT2D eigenvalue weighted by molar-refractivity contribution is 7.77. The monoisotopic (exact) mass is 114 g/mol. The van der Waals surface area contributed by atoms with Crippen LogP contribution in [0.4, 0.5) is 0 Å². The molecule has 0 fully saturated rings. The van der Waals surface area contributed by atoms with E-state index in [1.165, 1.54) is 0 Å². The van der Waals surface area contributed by atoms with E-state index in [-0.39, 0.29) is 0 Å². The highest BCUT2D eigenvalue weighted by Crippen LogP contribution is 2.28. The van der Waals surface area contributed by atoms with E-state index < -0.39 is 6.95 Å². The molecule has 0 unspecified atom stereocenters. The van der Waals surface area contributed by atoms with E-state index in [0.717, 1.165) is 0 Å². The predicted octanol–water partition coefficient (Wildman–Crippen LogP) is -0.946. The summed E-state index contributed by atoms with van der Waals surface area (Å²) in [7, 11) is 0. The number of rotatable bonds is 0. The summed E-state index contributed by atoms with van der Waals surface area (Å²) < 4.78 is 8.87. The zero-order valence-corrected chi connectivity index (χ0v) is 3.70. The first kappa shape index (κ1) is 5.44. The van der Waals surface area contributed by atoms with Crippen LogP contribution in [-0.4, -0.2) is 0 Å². The third-order valence-corrected chi connectivity index (χ3v) is 0. The molecule has 5 heavy (non-hydrogen) atoms. The van der Waals surface area contributed by atoms with Crippen molar-refractivity contribution < 1.29 is 14.4 Å². The molecular formula is ClO3P-2. The first-order valence-electron chi connectivity index (χ1n) is 0.717. The van der Waals surface area contributed by atoms with Crippen molar-refractivity contribution >= 4 is 18.2 Å². The summed E-state index contributed by atoms with van der Waals surface area (Å²) in [5, 5.41) is 0. The molecule has 0 aromatic heterocycles. The fourth-order valence-corrected chi connectivity index (χ4v) is 0. The van der Waals surface area contributed by atoms with Crippen LogP contribution in [0.15, 0.2) is 0 Å². The van der Waals surface area contributed by atoms with Crippen LogP contribution in [0.1, 0.15) is 0 Å². The van der Waals surface area contributed by atoms with Crippen LogP contribution >= 0.6 is 18.2 Å². The van der Waals surface area contributed by atoms with Gasteiger partial charge in [-0.25, -0.2) is 0 Å². The Hall–Kier alpha value is 0.440. The van der Waals surface area contributed by atoms with Gasteiger partial charge in [-0.3, -0.25) is 0 Å². The van der Waals surface area contributed by atoms with Crippen molar-refractivity contribution in [2.75, 3.05) is 0 Å². The first-order chi connectivity index (χ1) is 2.00. The lowest BCUT2D eigenvalue weighted by Crippen LogP contribution is -2.06. The molecule has 0 aliphatic carbocycles. The fourth-order valence-electron chi connectivity index (χ4n) is 0. The van der Waals surface area contributed by atoms with Crippen LogP contribution in [0.25, 0.3) is 0 Å². The van der Waals surface area contributed by atoms with Gasteiger partial charge in [-0.2, -0.15) is 0 Å². The van der Waals surface area contributed by atoms with E-state index in [9.17, 15) is 0 Å². The minimum absolute atomic E-state index is 3.97. The van der Waals surface area contributed by atoms with E-state index in [1.807, 2.05) is 0 Å². The molecule has 0 N–H and O–H groups in total. The van der Waals surface area contributed by atoms with Gasteiger partial charge in [0.25, 0.3) is 0 Å². The average molecular weight is 114 g/mol. The molecule has 0 aliphatic rings. The summed E-state index contributed by atoms with van der Waals surface area (Å²) in [5.41, 5.74) is 0. The number of hydrogen-bond acceptors (Lipinski definition) is 3. The molecular weight excluding hydrogens is 114 g/mol. The highest BCUT2D eigenvalue weighted by Gasteiger charge is 1.66. The Bertz CT molecular complexity index is 53.0. The molecule has 0 atom stereocenters. The summed E-state index contributed by atoms with van der Waals surface area (Å²) in [6, 6.07) is 0. The lowest BCUT2D eigenvalue weighted by atomic mass is 15.8. The summed E-state index contributed by atoms with van der Waals surface area (Å²) in [4.78, 5) is 17.7. The standard InChI is InChI=1S/ClH2O3P/c1-5(2,3)4/h(H2,2,3,4)/p-2. The minimum Gasteiger partial charge on any atom is -0.799 e. The molecule has 0 heterocycles. The maximum atomic E-state index is 8.87. The fraction of sp³-hybridized carbons (Fsp3) is 0. The molecule has 5 heteroatoms. The van der Waals surface area contributed by atoms with Crippen LogP contribution in [0.5, 0.6) is 0 Å². The second kappa shape index (κ2) is 1.27. The Balaban J connectivity index is 3.47. The quantitative estimate of drug-likeness (QED) is 0.382. The van der Waals surface area contributed by atoms with E-state index in [2.05, 4.69) is 11.2 Å². The summed E-state index contributed by atoms with van der Waals surface area (Å²) in [6.45, 7) is -4.67. The Morgan fingerprint density at radius 1 is 1.60 bits per heavy atom. The van der Waals surface area contributed by atoms with Gasteiger partial charge in [-0.05, 0) is 0 Å².